The fraction of sp³-hybridized carbons (Fsp3) is 0.300. The molecule has 2 fully saturated rings. The molecule has 1 aromatic heterocycles. The van der Waals surface area contributed by atoms with Gasteiger partial charge >= 0.3 is 0 Å². The highest BCUT2D eigenvalue weighted by Crippen LogP contribution is 2.31. The summed E-state index contributed by atoms with van der Waals surface area (Å²) < 4.78 is 29.7. The van der Waals surface area contributed by atoms with Crippen LogP contribution in [0.1, 0.15) is 25.7 Å². The van der Waals surface area contributed by atoms with Crippen molar-refractivity contribution >= 4 is 77.2 Å². The van der Waals surface area contributed by atoms with Gasteiger partial charge in [-0.15, -0.1) is 11.3 Å². The average molecular weight is 625 g/mol. The molecule has 3 aromatic carbocycles. The van der Waals surface area contributed by atoms with Crippen LogP contribution in [0.15, 0.2) is 70.9 Å². The fourth-order valence-electron chi connectivity index (χ4n) is 5.65. The Balaban J connectivity index is 1.10. The van der Waals surface area contributed by atoms with Crippen LogP contribution in [0.5, 0.6) is 0 Å². The van der Waals surface area contributed by atoms with Crippen LogP contribution in [0.4, 0.5) is 5.69 Å². The van der Waals surface area contributed by atoms with Crippen molar-refractivity contribution in [1.29, 1.82) is 0 Å². The van der Waals surface area contributed by atoms with Crippen LogP contribution in [0.3, 0.4) is 0 Å². The molecule has 3 heterocycles. The van der Waals surface area contributed by atoms with Crippen LogP contribution in [0.2, 0.25) is 5.02 Å². The van der Waals surface area contributed by atoms with E-state index in [1.165, 1.54) is 9.80 Å². The van der Waals surface area contributed by atoms with Crippen molar-refractivity contribution in [3.63, 3.8) is 0 Å². The molecule has 0 radical (unpaired) electrons. The van der Waals surface area contributed by atoms with E-state index in [-0.39, 0.29) is 22.6 Å². The highest BCUT2D eigenvalue weighted by atomic mass is 35.5. The topological polar surface area (TPSA) is 116 Å². The number of anilines is 1. The van der Waals surface area contributed by atoms with E-state index in [1.807, 2.05) is 42.5 Å². The Hall–Kier alpha value is -3.51. The highest BCUT2D eigenvalue weighted by molar-refractivity contribution is 7.91. The van der Waals surface area contributed by atoms with E-state index in [1.54, 1.807) is 24.3 Å². The Morgan fingerprint density at radius 2 is 1.69 bits per heavy atom. The second-order valence-electron chi connectivity index (χ2n) is 10.6. The third-order valence-corrected chi connectivity index (χ3v) is 11.0. The first kappa shape index (κ1) is 28.6. The molecule has 2 unspecified atom stereocenters. The highest BCUT2D eigenvalue weighted by Gasteiger charge is 2.38. The quantitative estimate of drug-likeness (QED) is 0.312. The summed E-state index contributed by atoms with van der Waals surface area (Å²) in [5.41, 5.74) is 0.654. The minimum atomic E-state index is -3.97. The summed E-state index contributed by atoms with van der Waals surface area (Å²) in [4.78, 5) is 42.7. The molecule has 4 aromatic rings. The molecule has 12 heteroatoms. The predicted molar refractivity (Wildman–Crippen MR) is 164 cm³/mol. The lowest BCUT2D eigenvalue weighted by atomic mass is 10.1. The van der Waals surface area contributed by atoms with E-state index in [0.717, 1.165) is 32.2 Å². The molecule has 218 valence electrons. The molecule has 6 rings (SSSR count). The first-order valence-electron chi connectivity index (χ1n) is 13.8. The van der Waals surface area contributed by atoms with Crippen LogP contribution in [0, 0.1) is 0 Å². The molecule has 2 saturated heterocycles. The smallest absolute Gasteiger partial charge is 0.250 e. The summed E-state index contributed by atoms with van der Waals surface area (Å²) in [6.07, 6.45) is 2.08. The van der Waals surface area contributed by atoms with Crippen LogP contribution in [-0.2, 0) is 24.4 Å². The number of amides is 3. The Bertz CT molecular complexity index is 1810. The molecule has 42 heavy (non-hydrogen) atoms. The number of benzene rings is 3. The van der Waals surface area contributed by atoms with Gasteiger partial charge in [0, 0.05) is 28.5 Å². The van der Waals surface area contributed by atoms with Gasteiger partial charge in [0.1, 0.15) is 16.3 Å². The number of nitrogens with zero attached hydrogens (tertiary/aromatic N) is 2. The van der Waals surface area contributed by atoms with E-state index < -0.39 is 28.0 Å². The molecular formula is C30H29ClN4O5S2. The summed E-state index contributed by atoms with van der Waals surface area (Å²) in [5, 5.41) is 6.26. The number of nitrogens with one attached hydrogen (secondary N) is 2. The van der Waals surface area contributed by atoms with Gasteiger partial charge in [-0.2, -0.15) is 4.72 Å². The first-order chi connectivity index (χ1) is 20.2. The standard InChI is InChI=1S/C30H29ClN4O5S2/c31-22-11-9-21-16-28(41-26(21)17-22)42(39,40)33-24-7-3-13-34(30(24)38)18-27(36)35-14-4-8-25(35)29(37)32-23-12-10-19-5-1-2-6-20(19)15-23/h1-2,5-6,9-12,15-17,24-25,33H,3-4,7-8,13-14,18H2,(H,32,37). The zero-order valence-corrected chi connectivity index (χ0v) is 25.0. The van der Waals surface area contributed by atoms with Crippen LogP contribution < -0.4 is 10.0 Å². The maximum Gasteiger partial charge on any atom is 0.250 e. The van der Waals surface area contributed by atoms with Gasteiger partial charge in [0.2, 0.25) is 17.7 Å². The molecule has 0 aliphatic carbocycles. The third-order valence-electron chi connectivity index (χ3n) is 7.77. The van der Waals surface area contributed by atoms with Gasteiger partial charge in [0.15, 0.2) is 0 Å². The number of carbonyl (C=O) groups excluding carboxylic acids is 3. The van der Waals surface area contributed by atoms with Crippen molar-refractivity contribution in [2.75, 3.05) is 25.0 Å². The van der Waals surface area contributed by atoms with Crippen molar-refractivity contribution in [3.8, 4) is 0 Å². The van der Waals surface area contributed by atoms with Crippen molar-refractivity contribution < 1.29 is 22.8 Å². The number of fused-ring (bicyclic) bond motifs is 2. The van der Waals surface area contributed by atoms with Gasteiger partial charge in [-0.3, -0.25) is 14.4 Å². The van der Waals surface area contributed by atoms with Crippen LogP contribution in [0.25, 0.3) is 20.9 Å². The zero-order chi connectivity index (χ0) is 29.4. The molecule has 2 N–H and O–H groups in total. The van der Waals surface area contributed by atoms with Gasteiger partial charge < -0.3 is 15.1 Å². The lowest BCUT2D eigenvalue weighted by Crippen LogP contribution is -2.55. The number of sulfonamides is 1. The molecule has 2 atom stereocenters. The molecule has 0 spiro atoms. The second kappa shape index (κ2) is 11.6. The normalized spacial score (nSPS) is 19.5. The van der Waals surface area contributed by atoms with Gasteiger partial charge in [-0.25, -0.2) is 8.42 Å². The Labute approximate surface area is 252 Å². The third kappa shape index (κ3) is 5.87. The Morgan fingerprint density at radius 1 is 0.929 bits per heavy atom. The number of hydrogen-bond donors (Lipinski definition) is 2. The number of likely N-dealkylation sites (tertiary alicyclic amines) is 2. The largest absolute Gasteiger partial charge is 0.332 e. The van der Waals surface area contributed by atoms with Gasteiger partial charge in [-0.05, 0) is 72.2 Å². The van der Waals surface area contributed by atoms with Crippen molar-refractivity contribution in [3.05, 3.63) is 71.8 Å². The summed E-state index contributed by atoms with van der Waals surface area (Å²) in [6.45, 7) is 0.548. The summed E-state index contributed by atoms with van der Waals surface area (Å²) in [6, 6.07) is 18.6. The number of carbonyl (C=O) groups is 3. The number of thiophene rings is 1. The van der Waals surface area contributed by atoms with Crippen molar-refractivity contribution in [2.45, 2.75) is 42.0 Å². The minimum absolute atomic E-state index is 0.0955. The molecule has 0 saturated carbocycles. The summed E-state index contributed by atoms with van der Waals surface area (Å²) in [5.74, 6) is -1.04. The monoisotopic (exact) mass is 624 g/mol. The molecule has 0 bridgehead atoms. The molecule has 2 aliphatic rings. The molecular weight excluding hydrogens is 596 g/mol. The lowest BCUT2D eigenvalue weighted by Gasteiger charge is -2.33. The maximum absolute atomic E-state index is 13.3. The number of halogens is 1. The number of hydrogen-bond acceptors (Lipinski definition) is 6. The number of piperidine rings is 1. The summed E-state index contributed by atoms with van der Waals surface area (Å²) in [7, 11) is -3.97. The van der Waals surface area contributed by atoms with E-state index in [9.17, 15) is 22.8 Å². The van der Waals surface area contributed by atoms with Crippen LogP contribution in [-0.4, -0.2) is 67.7 Å². The zero-order valence-electron chi connectivity index (χ0n) is 22.6. The first-order valence-corrected chi connectivity index (χ1v) is 16.4. The lowest BCUT2D eigenvalue weighted by molar-refractivity contribution is -0.144. The Kier molecular flexibility index (Phi) is 7.93. The van der Waals surface area contributed by atoms with Crippen LogP contribution >= 0.6 is 22.9 Å². The summed E-state index contributed by atoms with van der Waals surface area (Å²) >= 11 is 7.12. The predicted octanol–water partition coefficient (Wildman–Crippen LogP) is 4.61. The van der Waals surface area contributed by atoms with Gasteiger partial charge in [0.25, 0.3) is 10.0 Å². The van der Waals surface area contributed by atoms with E-state index in [4.69, 9.17) is 11.6 Å². The molecule has 9 nitrogen and oxygen atoms in total. The number of rotatable bonds is 7. The fourth-order valence-corrected chi connectivity index (χ4v) is 8.56. The maximum atomic E-state index is 13.3. The molecule has 3 amide bonds. The Morgan fingerprint density at radius 3 is 2.52 bits per heavy atom. The molecule has 2 aliphatic heterocycles. The average Bonchev–Trinajstić information content (AvgIpc) is 3.63. The SMILES string of the molecule is O=C(Nc1ccc2ccccc2c1)C1CCCN1C(=O)CN1CCCC(NS(=O)(=O)c2cc3ccc(Cl)cc3s2)C1=O. The van der Waals surface area contributed by atoms with E-state index in [2.05, 4.69) is 10.0 Å². The van der Waals surface area contributed by atoms with Crippen molar-refractivity contribution in [2.24, 2.45) is 0 Å². The van der Waals surface area contributed by atoms with Gasteiger partial charge in [0.05, 0.1) is 6.54 Å². The minimum Gasteiger partial charge on any atom is -0.332 e. The second-order valence-corrected chi connectivity index (χ2v) is 14.1. The van der Waals surface area contributed by atoms with E-state index >= 15 is 0 Å². The van der Waals surface area contributed by atoms with E-state index in [0.29, 0.717) is 49.5 Å². The van der Waals surface area contributed by atoms with Crippen molar-refractivity contribution in [1.82, 2.24) is 14.5 Å². The van der Waals surface area contributed by atoms with Gasteiger partial charge in [-0.1, -0.05) is 48.0 Å².